The molecule has 0 unspecified atom stereocenters. The molecule has 0 bridgehead atoms. The third kappa shape index (κ3) is 4.88. The van der Waals surface area contributed by atoms with Gasteiger partial charge in [-0.3, -0.25) is 0 Å². The summed E-state index contributed by atoms with van der Waals surface area (Å²) in [6.45, 7) is 4.38. The fraction of sp³-hybridized carbons (Fsp3) is 0.615. The summed E-state index contributed by atoms with van der Waals surface area (Å²) in [7, 11) is -3.01. The maximum absolute atomic E-state index is 11.9. The molecule has 0 radical (unpaired) electrons. The lowest BCUT2D eigenvalue weighted by molar-refractivity contribution is 0.0493. The summed E-state index contributed by atoms with van der Waals surface area (Å²) in [6.07, 6.45) is 2.89. The van der Waals surface area contributed by atoms with Gasteiger partial charge in [-0.25, -0.2) is 13.2 Å². The summed E-state index contributed by atoms with van der Waals surface area (Å²) < 4.78 is 29.4. The molecule has 6 nitrogen and oxygen atoms in total. The summed E-state index contributed by atoms with van der Waals surface area (Å²) >= 11 is 0. The topological polar surface area (TPSA) is 91.4 Å². The van der Waals surface area contributed by atoms with Crippen LogP contribution in [0.1, 0.15) is 37.2 Å². The summed E-state index contributed by atoms with van der Waals surface area (Å²) in [4.78, 5) is 11.9. The fourth-order valence-electron chi connectivity index (χ4n) is 1.79. The highest BCUT2D eigenvalue weighted by Gasteiger charge is 2.14. The minimum atomic E-state index is -3.01. The monoisotopic (exact) mass is 302 g/mol. The van der Waals surface area contributed by atoms with Crippen LogP contribution in [0.3, 0.4) is 0 Å². The Hall–Kier alpha value is -1.50. The Morgan fingerprint density at radius 1 is 1.40 bits per heavy atom. The molecule has 7 heteroatoms. The Labute approximate surface area is 119 Å². The molecule has 1 rings (SSSR count). The number of hydrogen-bond acceptors (Lipinski definition) is 5. The Morgan fingerprint density at radius 2 is 2.10 bits per heavy atom. The molecule has 0 aromatic carbocycles. The van der Waals surface area contributed by atoms with Crippen LogP contribution in [0, 0.1) is 0 Å². The number of ether oxygens (including phenoxy) is 1. The zero-order chi connectivity index (χ0) is 15.2. The van der Waals surface area contributed by atoms with Gasteiger partial charge in [-0.15, -0.1) is 0 Å². The number of nitrogens with zero attached hydrogens (tertiary/aromatic N) is 1. The number of aromatic nitrogens is 1. The number of hydrogen-bond donors (Lipinski definition) is 1. The molecular formula is C13H22N2O4S. The molecule has 0 saturated carbocycles. The standard InChI is InChI=1S/C13H22N2O4S/c1-3-6-15-10-11(14)9-12(15)13(16)19-7-5-8-20(17,18)4-2/h9-10H,3-8,14H2,1-2H3. The Bertz CT molecular complexity index is 549. The van der Waals surface area contributed by atoms with E-state index in [0.29, 0.717) is 24.3 Å². The molecule has 0 aliphatic heterocycles. The lowest BCUT2D eigenvalue weighted by Gasteiger charge is -2.08. The zero-order valence-corrected chi connectivity index (χ0v) is 12.8. The molecule has 0 fully saturated rings. The number of carbonyl (C=O) groups is 1. The molecule has 0 atom stereocenters. The van der Waals surface area contributed by atoms with Crippen LogP contribution < -0.4 is 5.73 Å². The summed E-state index contributed by atoms with van der Waals surface area (Å²) in [6, 6.07) is 1.57. The second kappa shape index (κ2) is 7.33. The highest BCUT2D eigenvalue weighted by molar-refractivity contribution is 7.91. The molecule has 1 aromatic rings. The summed E-state index contributed by atoms with van der Waals surface area (Å²) in [5, 5.41) is 0. The van der Waals surface area contributed by atoms with Gasteiger partial charge in [-0.2, -0.15) is 0 Å². The highest BCUT2D eigenvalue weighted by Crippen LogP contribution is 2.12. The van der Waals surface area contributed by atoms with E-state index in [0.717, 1.165) is 6.42 Å². The molecule has 2 N–H and O–H groups in total. The van der Waals surface area contributed by atoms with E-state index < -0.39 is 15.8 Å². The van der Waals surface area contributed by atoms with Crippen molar-refractivity contribution in [3.63, 3.8) is 0 Å². The van der Waals surface area contributed by atoms with Crippen molar-refractivity contribution in [2.24, 2.45) is 0 Å². The van der Waals surface area contributed by atoms with Crippen LogP contribution in [0.15, 0.2) is 12.3 Å². The first-order valence-corrected chi connectivity index (χ1v) is 8.55. The van der Waals surface area contributed by atoms with Crippen molar-refractivity contribution in [1.82, 2.24) is 4.57 Å². The van der Waals surface area contributed by atoms with Crippen molar-refractivity contribution in [2.75, 3.05) is 23.8 Å². The molecule has 0 aliphatic rings. The van der Waals surface area contributed by atoms with Gasteiger partial charge < -0.3 is 15.0 Å². The molecule has 1 heterocycles. The largest absolute Gasteiger partial charge is 0.461 e. The lowest BCUT2D eigenvalue weighted by atomic mass is 10.4. The molecule has 0 saturated heterocycles. The average Bonchev–Trinajstić information content (AvgIpc) is 2.76. The predicted molar refractivity (Wildman–Crippen MR) is 78.4 cm³/mol. The van der Waals surface area contributed by atoms with Crippen LogP contribution in [-0.2, 0) is 21.1 Å². The van der Waals surface area contributed by atoms with Gasteiger partial charge in [0.2, 0.25) is 0 Å². The van der Waals surface area contributed by atoms with E-state index in [1.807, 2.05) is 6.92 Å². The molecule has 20 heavy (non-hydrogen) atoms. The maximum Gasteiger partial charge on any atom is 0.355 e. The first-order chi connectivity index (χ1) is 9.39. The van der Waals surface area contributed by atoms with Crippen molar-refractivity contribution < 1.29 is 17.9 Å². The molecule has 0 spiro atoms. The molecule has 114 valence electrons. The number of esters is 1. The van der Waals surface area contributed by atoms with E-state index >= 15 is 0 Å². The molecule has 1 aromatic heterocycles. The van der Waals surface area contributed by atoms with Crippen molar-refractivity contribution in [3.05, 3.63) is 18.0 Å². The van der Waals surface area contributed by atoms with E-state index in [9.17, 15) is 13.2 Å². The summed E-state index contributed by atoms with van der Waals surface area (Å²) in [5.41, 5.74) is 6.59. The van der Waals surface area contributed by atoms with Crippen LogP contribution >= 0.6 is 0 Å². The van der Waals surface area contributed by atoms with Gasteiger partial charge in [0.25, 0.3) is 0 Å². The van der Waals surface area contributed by atoms with Gasteiger partial charge in [-0.05, 0) is 18.9 Å². The van der Waals surface area contributed by atoms with Gasteiger partial charge in [0.15, 0.2) is 0 Å². The number of carbonyl (C=O) groups excluding carboxylic acids is 1. The maximum atomic E-state index is 11.9. The van der Waals surface area contributed by atoms with E-state index in [2.05, 4.69) is 0 Å². The van der Waals surface area contributed by atoms with Gasteiger partial charge in [0.1, 0.15) is 15.5 Å². The Kier molecular flexibility index (Phi) is 6.06. The van der Waals surface area contributed by atoms with Gasteiger partial charge in [-0.1, -0.05) is 13.8 Å². The highest BCUT2D eigenvalue weighted by atomic mass is 32.2. The van der Waals surface area contributed by atoms with Crippen LogP contribution in [0.2, 0.25) is 0 Å². The first kappa shape index (κ1) is 16.6. The number of nitrogens with two attached hydrogens (primary N) is 1. The van der Waals surface area contributed by atoms with Crippen molar-refractivity contribution in [3.8, 4) is 0 Å². The van der Waals surface area contributed by atoms with Crippen LogP contribution in [0.4, 0.5) is 5.69 Å². The van der Waals surface area contributed by atoms with Crippen molar-refractivity contribution in [2.45, 2.75) is 33.2 Å². The number of anilines is 1. The van der Waals surface area contributed by atoms with Crippen LogP contribution in [-0.4, -0.2) is 37.1 Å². The number of rotatable bonds is 8. The fourth-order valence-corrected chi connectivity index (χ4v) is 2.64. The van der Waals surface area contributed by atoms with E-state index in [4.69, 9.17) is 10.5 Å². The third-order valence-corrected chi connectivity index (χ3v) is 4.65. The third-order valence-electron chi connectivity index (χ3n) is 2.86. The van der Waals surface area contributed by atoms with Crippen molar-refractivity contribution >= 4 is 21.5 Å². The van der Waals surface area contributed by atoms with E-state index in [1.165, 1.54) is 0 Å². The number of sulfone groups is 1. The predicted octanol–water partition coefficient (Wildman–Crippen LogP) is 1.46. The smallest absolute Gasteiger partial charge is 0.355 e. The lowest BCUT2D eigenvalue weighted by Crippen LogP contribution is -2.15. The number of aryl methyl sites for hydroxylation is 1. The Morgan fingerprint density at radius 3 is 2.70 bits per heavy atom. The number of nitrogen functional groups attached to an aromatic ring is 1. The van der Waals surface area contributed by atoms with Crippen LogP contribution in [0.25, 0.3) is 0 Å². The average molecular weight is 302 g/mol. The molecule has 0 aliphatic carbocycles. The van der Waals surface area contributed by atoms with E-state index in [-0.39, 0.29) is 18.1 Å². The second-order valence-electron chi connectivity index (χ2n) is 4.58. The molecular weight excluding hydrogens is 280 g/mol. The second-order valence-corrected chi connectivity index (χ2v) is 7.05. The van der Waals surface area contributed by atoms with Gasteiger partial charge in [0, 0.05) is 18.5 Å². The zero-order valence-electron chi connectivity index (χ0n) is 12.0. The summed E-state index contributed by atoms with van der Waals surface area (Å²) in [5.74, 6) is -0.324. The first-order valence-electron chi connectivity index (χ1n) is 6.72. The SMILES string of the molecule is CCCn1cc(N)cc1C(=O)OCCCS(=O)(=O)CC. The minimum Gasteiger partial charge on any atom is -0.461 e. The Balaban J connectivity index is 2.51. The minimum absolute atomic E-state index is 0.0366. The normalized spacial score (nSPS) is 11.5. The van der Waals surface area contributed by atoms with E-state index in [1.54, 1.807) is 23.8 Å². The van der Waals surface area contributed by atoms with Crippen LogP contribution in [0.5, 0.6) is 0 Å². The van der Waals surface area contributed by atoms with Gasteiger partial charge >= 0.3 is 5.97 Å². The quantitative estimate of drug-likeness (QED) is 0.580. The van der Waals surface area contributed by atoms with Crippen molar-refractivity contribution in [1.29, 1.82) is 0 Å². The molecule has 0 amide bonds. The van der Waals surface area contributed by atoms with Gasteiger partial charge in [0.05, 0.1) is 18.0 Å².